The Hall–Kier alpha value is -1.82. The minimum Gasteiger partial charge on any atom is -0.392 e. The van der Waals surface area contributed by atoms with Crippen LogP contribution in [-0.2, 0) is 0 Å². The number of nitro benzene ring substituents is 1. The molecule has 116 valence electrons. The number of anilines is 1. The van der Waals surface area contributed by atoms with Gasteiger partial charge in [-0.15, -0.1) is 0 Å². The summed E-state index contributed by atoms with van der Waals surface area (Å²) in [6.45, 7) is 6.07. The number of nitro groups is 1. The summed E-state index contributed by atoms with van der Waals surface area (Å²) in [7, 11) is 1.67. The van der Waals surface area contributed by atoms with Gasteiger partial charge in [-0.2, -0.15) is 0 Å². The molecular formula is C14H20ClN3O3. The first-order valence-corrected chi connectivity index (χ1v) is 7.03. The first kappa shape index (κ1) is 17.2. The lowest BCUT2D eigenvalue weighted by Crippen LogP contribution is -2.36. The van der Waals surface area contributed by atoms with E-state index in [2.05, 4.69) is 13.8 Å². The van der Waals surface area contributed by atoms with Gasteiger partial charge in [0, 0.05) is 24.7 Å². The number of carbonyl (C=O) groups excluding carboxylic acids is 1. The van der Waals surface area contributed by atoms with E-state index in [-0.39, 0.29) is 33.9 Å². The maximum Gasteiger partial charge on any atom is 0.294 e. The molecule has 6 nitrogen and oxygen atoms in total. The van der Waals surface area contributed by atoms with Crippen molar-refractivity contribution in [3.8, 4) is 0 Å². The Balaban J connectivity index is 3.10. The van der Waals surface area contributed by atoms with Crippen LogP contribution in [-0.4, -0.2) is 28.8 Å². The lowest BCUT2D eigenvalue weighted by atomic mass is 10.0. The number of carbonyl (C=O) groups is 1. The Morgan fingerprint density at radius 1 is 1.43 bits per heavy atom. The average Bonchev–Trinajstić information content (AvgIpc) is 2.38. The second-order valence-electron chi connectivity index (χ2n) is 5.54. The summed E-state index contributed by atoms with van der Waals surface area (Å²) < 4.78 is 0. The second-order valence-corrected chi connectivity index (χ2v) is 5.95. The summed E-state index contributed by atoms with van der Waals surface area (Å²) in [4.78, 5) is 24.3. The van der Waals surface area contributed by atoms with E-state index in [0.717, 1.165) is 6.42 Å². The predicted molar refractivity (Wildman–Crippen MR) is 83.5 cm³/mol. The van der Waals surface area contributed by atoms with Crippen molar-refractivity contribution in [3.05, 3.63) is 32.8 Å². The third kappa shape index (κ3) is 4.07. The lowest BCUT2D eigenvalue weighted by molar-refractivity contribution is -0.383. The highest BCUT2D eigenvalue weighted by molar-refractivity contribution is 6.34. The molecule has 0 heterocycles. The summed E-state index contributed by atoms with van der Waals surface area (Å²) in [5.74, 6) is 0.132. The van der Waals surface area contributed by atoms with Crippen LogP contribution in [0.4, 0.5) is 11.4 Å². The van der Waals surface area contributed by atoms with Crippen molar-refractivity contribution >= 4 is 28.9 Å². The molecule has 1 aromatic rings. The fourth-order valence-corrected chi connectivity index (χ4v) is 2.34. The van der Waals surface area contributed by atoms with E-state index in [1.54, 1.807) is 11.9 Å². The van der Waals surface area contributed by atoms with Gasteiger partial charge in [-0.3, -0.25) is 14.9 Å². The third-order valence-corrected chi connectivity index (χ3v) is 3.66. The highest BCUT2D eigenvalue weighted by Gasteiger charge is 2.23. The lowest BCUT2D eigenvalue weighted by Gasteiger charge is -2.26. The van der Waals surface area contributed by atoms with Gasteiger partial charge in [-0.05, 0) is 25.3 Å². The smallest absolute Gasteiger partial charge is 0.294 e. The predicted octanol–water partition coefficient (Wildman–Crippen LogP) is 3.34. The number of nitrogen functional groups attached to an aromatic ring is 1. The number of hydrogen-bond donors (Lipinski definition) is 1. The van der Waals surface area contributed by atoms with Crippen LogP contribution in [0.5, 0.6) is 0 Å². The van der Waals surface area contributed by atoms with Gasteiger partial charge in [-0.1, -0.05) is 25.4 Å². The van der Waals surface area contributed by atoms with Crippen molar-refractivity contribution in [1.82, 2.24) is 4.90 Å². The monoisotopic (exact) mass is 313 g/mol. The molecule has 0 aliphatic rings. The minimum atomic E-state index is -0.643. The molecular weight excluding hydrogens is 294 g/mol. The second kappa shape index (κ2) is 6.76. The van der Waals surface area contributed by atoms with Crippen molar-refractivity contribution in [1.29, 1.82) is 0 Å². The zero-order valence-corrected chi connectivity index (χ0v) is 13.3. The van der Waals surface area contributed by atoms with Crippen LogP contribution in [0.15, 0.2) is 12.1 Å². The Morgan fingerprint density at radius 3 is 2.48 bits per heavy atom. The van der Waals surface area contributed by atoms with Gasteiger partial charge >= 0.3 is 0 Å². The fourth-order valence-electron chi connectivity index (χ4n) is 2.12. The molecule has 0 aliphatic heterocycles. The number of nitrogens with zero attached hydrogens (tertiary/aromatic N) is 2. The Bertz CT molecular complexity index is 561. The maximum atomic E-state index is 12.4. The van der Waals surface area contributed by atoms with E-state index in [0.29, 0.717) is 5.92 Å². The summed E-state index contributed by atoms with van der Waals surface area (Å²) >= 11 is 5.88. The molecule has 0 saturated heterocycles. The van der Waals surface area contributed by atoms with Crippen LogP contribution in [0.25, 0.3) is 0 Å². The van der Waals surface area contributed by atoms with Gasteiger partial charge in [0.2, 0.25) is 0 Å². The van der Waals surface area contributed by atoms with Crippen LogP contribution < -0.4 is 5.73 Å². The number of halogens is 1. The maximum absolute atomic E-state index is 12.4. The number of amides is 1. The number of benzene rings is 1. The molecule has 0 radical (unpaired) electrons. The van der Waals surface area contributed by atoms with Crippen molar-refractivity contribution in [2.75, 3.05) is 12.8 Å². The SMILES string of the molecule is CC(C)CC(C)N(C)C(=O)c1cc(Cl)c(N)c([N+](=O)[O-])c1. The van der Waals surface area contributed by atoms with Crippen LogP contribution in [0.2, 0.25) is 5.02 Å². The van der Waals surface area contributed by atoms with Crippen LogP contribution >= 0.6 is 11.6 Å². The van der Waals surface area contributed by atoms with E-state index in [9.17, 15) is 14.9 Å². The zero-order chi connectivity index (χ0) is 16.3. The van der Waals surface area contributed by atoms with E-state index < -0.39 is 4.92 Å². The quantitative estimate of drug-likeness (QED) is 0.513. The summed E-state index contributed by atoms with van der Waals surface area (Å²) in [6.07, 6.45) is 0.840. The number of rotatable bonds is 5. The van der Waals surface area contributed by atoms with Gasteiger partial charge in [0.1, 0.15) is 5.69 Å². The highest BCUT2D eigenvalue weighted by atomic mass is 35.5. The van der Waals surface area contributed by atoms with Gasteiger partial charge in [-0.25, -0.2) is 0 Å². The van der Waals surface area contributed by atoms with Gasteiger partial charge in [0.25, 0.3) is 11.6 Å². The van der Waals surface area contributed by atoms with Crippen molar-refractivity contribution in [2.24, 2.45) is 5.92 Å². The Labute approximate surface area is 129 Å². The molecule has 0 spiro atoms. The largest absolute Gasteiger partial charge is 0.392 e. The molecule has 1 rings (SSSR count). The fraction of sp³-hybridized carbons (Fsp3) is 0.500. The molecule has 1 amide bonds. The highest BCUT2D eigenvalue weighted by Crippen LogP contribution is 2.31. The van der Waals surface area contributed by atoms with E-state index in [4.69, 9.17) is 17.3 Å². The van der Waals surface area contributed by atoms with Crippen LogP contribution in [0.1, 0.15) is 37.6 Å². The van der Waals surface area contributed by atoms with Crippen LogP contribution in [0.3, 0.4) is 0 Å². The third-order valence-electron chi connectivity index (χ3n) is 3.35. The molecule has 0 fully saturated rings. The molecule has 0 aliphatic carbocycles. The Kier molecular flexibility index (Phi) is 5.54. The number of hydrogen-bond acceptors (Lipinski definition) is 4. The molecule has 1 unspecified atom stereocenters. The van der Waals surface area contributed by atoms with Gasteiger partial charge < -0.3 is 10.6 Å². The van der Waals surface area contributed by atoms with Crippen LogP contribution in [0, 0.1) is 16.0 Å². The minimum absolute atomic E-state index is 0.0115. The standard InChI is InChI=1S/C14H20ClN3O3/c1-8(2)5-9(3)17(4)14(19)10-6-11(15)13(16)12(7-10)18(20)21/h6-9H,5,16H2,1-4H3. The van der Waals surface area contributed by atoms with E-state index in [1.165, 1.54) is 12.1 Å². The zero-order valence-electron chi connectivity index (χ0n) is 12.6. The molecule has 0 aromatic heterocycles. The first-order chi connectivity index (χ1) is 9.65. The van der Waals surface area contributed by atoms with Crippen molar-refractivity contribution in [2.45, 2.75) is 33.2 Å². The summed E-state index contributed by atoms with van der Waals surface area (Å²) in [5.41, 5.74) is 5.24. The van der Waals surface area contributed by atoms with Crippen molar-refractivity contribution in [3.63, 3.8) is 0 Å². The first-order valence-electron chi connectivity index (χ1n) is 6.65. The molecule has 1 atom stereocenters. The molecule has 0 bridgehead atoms. The topological polar surface area (TPSA) is 89.5 Å². The van der Waals surface area contributed by atoms with E-state index in [1.807, 2.05) is 6.92 Å². The van der Waals surface area contributed by atoms with E-state index >= 15 is 0 Å². The number of nitrogens with two attached hydrogens (primary N) is 1. The summed E-state index contributed by atoms with van der Waals surface area (Å²) in [5, 5.41) is 11.0. The molecule has 2 N–H and O–H groups in total. The molecule has 1 aromatic carbocycles. The molecule has 7 heteroatoms. The summed E-state index contributed by atoms with van der Waals surface area (Å²) in [6, 6.07) is 2.56. The normalized spacial score (nSPS) is 12.3. The van der Waals surface area contributed by atoms with Gasteiger partial charge in [0.05, 0.1) is 9.95 Å². The molecule has 0 saturated carbocycles. The Morgan fingerprint density at radius 2 is 2.00 bits per heavy atom. The van der Waals surface area contributed by atoms with Crippen molar-refractivity contribution < 1.29 is 9.72 Å². The average molecular weight is 314 g/mol. The molecule has 21 heavy (non-hydrogen) atoms. The van der Waals surface area contributed by atoms with Gasteiger partial charge in [0.15, 0.2) is 0 Å².